The Morgan fingerprint density at radius 2 is 2.00 bits per heavy atom. The molecule has 0 aliphatic heterocycles. The molecule has 0 atom stereocenters. The van der Waals surface area contributed by atoms with E-state index >= 15 is 0 Å². The number of halogens is 1. The zero-order valence-corrected chi connectivity index (χ0v) is 9.56. The van der Waals surface area contributed by atoms with Crippen LogP contribution in [-0.2, 0) is 9.59 Å². The van der Waals surface area contributed by atoms with Gasteiger partial charge in [0.25, 0.3) is 0 Å². The first-order valence-electron chi connectivity index (χ1n) is 4.52. The molecule has 90 valence electrons. The van der Waals surface area contributed by atoms with Gasteiger partial charge in [-0.15, -0.1) is 0 Å². The predicted molar refractivity (Wildman–Crippen MR) is 60.7 cm³/mol. The summed E-state index contributed by atoms with van der Waals surface area (Å²) in [4.78, 5) is 21.4. The van der Waals surface area contributed by atoms with Gasteiger partial charge in [-0.3, -0.25) is 0 Å². The fourth-order valence-electron chi connectivity index (χ4n) is 1.16. The molecule has 0 radical (unpaired) electrons. The smallest absolute Gasteiger partial charge is 0.336 e. The number of hydrogen-bond acceptors (Lipinski definition) is 3. The summed E-state index contributed by atoms with van der Waals surface area (Å²) in [7, 11) is 0. The maximum absolute atomic E-state index is 11.0. The van der Waals surface area contributed by atoms with E-state index in [9.17, 15) is 9.59 Å². The third-order valence-electron chi connectivity index (χ3n) is 1.88. The largest absolute Gasteiger partial charge is 0.478 e. The monoisotopic (exact) mass is 256 g/mol. The summed E-state index contributed by atoms with van der Waals surface area (Å²) in [5.41, 5.74) is -0.0593. The lowest BCUT2D eigenvalue weighted by Crippen LogP contribution is -2.03. The van der Waals surface area contributed by atoms with Gasteiger partial charge in [0.2, 0.25) is 0 Å². The SMILES string of the molecule is CC(=C\C(=O)O)/C(=C/c1ccc(Cl)o1)C(=O)O. The highest BCUT2D eigenvalue weighted by Gasteiger charge is 2.12. The topological polar surface area (TPSA) is 87.7 Å². The molecule has 2 N–H and O–H groups in total. The molecule has 17 heavy (non-hydrogen) atoms. The van der Waals surface area contributed by atoms with E-state index in [0.29, 0.717) is 0 Å². The van der Waals surface area contributed by atoms with Crippen LogP contribution in [-0.4, -0.2) is 22.2 Å². The lowest BCUT2D eigenvalue weighted by molar-refractivity contribution is -0.132. The molecule has 0 spiro atoms. The van der Waals surface area contributed by atoms with Crippen LogP contribution in [0.4, 0.5) is 0 Å². The van der Waals surface area contributed by atoms with Crippen molar-refractivity contribution in [3.8, 4) is 0 Å². The molecule has 0 bridgehead atoms. The van der Waals surface area contributed by atoms with Crippen LogP contribution in [0.2, 0.25) is 5.22 Å². The number of aliphatic carboxylic acids is 2. The summed E-state index contributed by atoms with van der Waals surface area (Å²) in [5.74, 6) is -2.22. The highest BCUT2D eigenvalue weighted by atomic mass is 35.5. The minimum Gasteiger partial charge on any atom is -0.478 e. The fourth-order valence-corrected chi connectivity index (χ4v) is 1.31. The molecule has 1 aromatic rings. The van der Waals surface area contributed by atoms with E-state index in [0.717, 1.165) is 6.08 Å². The average Bonchev–Trinajstić information content (AvgIpc) is 2.58. The zero-order chi connectivity index (χ0) is 13.0. The number of rotatable bonds is 4. The summed E-state index contributed by atoms with van der Waals surface area (Å²) in [6.07, 6.45) is 2.02. The molecule has 0 aromatic carbocycles. The van der Waals surface area contributed by atoms with Gasteiger partial charge in [-0.05, 0) is 42.3 Å². The van der Waals surface area contributed by atoms with E-state index < -0.39 is 11.9 Å². The van der Waals surface area contributed by atoms with E-state index in [4.69, 9.17) is 26.2 Å². The van der Waals surface area contributed by atoms with Crippen LogP contribution in [0.25, 0.3) is 6.08 Å². The lowest BCUT2D eigenvalue weighted by atomic mass is 10.1. The number of hydrogen-bond donors (Lipinski definition) is 2. The molecule has 0 aliphatic carbocycles. The molecular weight excluding hydrogens is 248 g/mol. The molecule has 6 heteroatoms. The Labute approximate surface area is 102 Å². The molecule has 1 heterocycles. The molecule has 0 unspecified atom stereocenters. The van der Waals surface area contributed by atoms with Crippen molar-refractivity contribution in [1.29, 1.82) is 0 Å². The van der Waals surface area contributed by atoms with Crippen LogP contribution in [0.15, 0.2) is 33.8 Å². The Bertz CT molecular complexity index is 510. The second-order valence-corrected chi connectivity index (χ2v) is 3.54. The Hall–Kier alpha value is -2.01. The predicted octanol–water partition coefficient (Wildman–Crippen LogP) is 2.43. The van der Waals surface area contributed by atoms with E-state index in [1.165, 1.54) is 25.1 Å². The van der Waals surface area contributed by atoms with Crippen molar-refractivity contribution in [2.45, 2.75) is 6.92 Å². The Kier molecular flexibility index (Phi) is 4.12. The Morgan fingerprint density at radius 1 is 1.35 bits per heavy atom. The summed E-state index contributed by atoms with van der Waals surface area (Å²) < 4.78 is 4.97. The third kappa shape index (κ3) is 3.81. The molecule has 0 saturated heterocycles. The van der Waals surface area contributed by atoms with Crippen LogP contribution >= 0.6 is 11.6 Å². The summed E-state index contributed by atoms with van der Waals surface area (Å²) in [6.45, 7) is 1.39. The van der Waals surface area contributed by atoms with Gasteiger partial charge >= 0.3 is 11.9 Å². The quantitative estimate of drug-likeness (QED) is 0.638. The number of carboxylic acid groups (broad SMARTS) is 2. The first-order valence-corrected chi connectivity index (χ1v) is 4.90. The number of carbonyl (C=O) groups is 2. The third-order valence-corrected chi connectivity index (χ3v) is 2.08. The van der Waals surface area contributed by atoms with E-state index in [1.807, 2.05) is 0 Å². The van der Waals surface area contributed by atoms with Gasteiger partial charge in [-0.2, -0.15) is 0 Å². The van der Waals surface area contributed by atoms with Gasteiger partial charge in [0.15, 0.2) is 5.22 Å². The van der Waals surface area contributed by atoms with Gasteiger partial charge in [0.05, 0.1) is 5.57 Å². The Balaban J connectivity index is 3.14. The van der Waals surface area contributed by atoms with Crippen molar-refractivity contribution in [2.24, 2.45) is 0 Å². The van der Waals surface area contributed by atoms with Crippen LogP contribution < -0.4 is 0 Å². The van der Waals surface area contributed by atoms with E-state index in [1.54, 1.807) is 0 Å². The standard InChI is InChI=1S/C11H9ClO5/c1-6(4-10(13)14)8(11(15)16)5-7-2-3-9(12)17-7/h2-5H,1H3,(H,13,14)(H,15,16)/b6-4+,8-5-. The number of carboxylic acids is 2. The normalized spacial score (nSPS) is 12.6. The van der Waals surface area contributed by atoms with Crippen molar-refractivity contribution in [2.75, 3.05) is 0 Å². The van der Waals surface area contributed by atoms with Gasteiger partial charge in [-0.25, -0.2) is 9.59 Å². The Morgan fingerprint density at radius 3 is 2.41 bits per heavy atom. The van der Waals surface area contributed by atoms with Crippen molar-refractivity contribution < 1.29 is 24.2 Å². The molecular formula is C11H9ClO5. The molecule has 0 aliphatic rings. The van der Waals surface area contributed by atoms with Crippen molar-refractivity contribution >= 4 is 29.6 Å². The van der Waals surface area contributed by atoms with Gasteiger partial charge in [0.1, 0.15) is 5.76 Å². The minimum atomic E-state index is -1.24. The molecule has 1 rings (SSSR count). The lowest BCUT2D eigenvalue weighted by Gasteiger charge is -2.00. The van der Waals surface area contributed by atoms with Crippen molar-refractivity contribution in [1.82, 2.24) is 0 Å². The fraction of sp³-hybridized carbons (Fsp3) is 0.0909. The van der Waals surface area contributed by atoms with Gasteiger partial charge in [0, 0.05) is 6.08 Å². The first kappa shape index (κ1) is 13.1. The highest BCUT2D eigenvalue weighted by molar-refractivity contribution is 6.28. The molecule has 5 nitrogen and oxygen atoms in total. The zero-order valence-electron chi connectivity index (χ0n) is 8.81. The average molecular weight is 257 g/mol. The molecule has 0 saturated carbocycles. The van der Waals surface area contributed by atoms with Gasteiger partial charge < -0.3 is 14.6 Å². The van der Waals surface area contributed by atoms with Crippen LogP contribution in [0.5, 0.6) is 0 Å². The summed E-state index contributed by atoms with van der Waals surface area (Å²) in [6, 6.07) is 2.95. The summed E-state index contributed by atoms with van der Waals surface area (Å²) in [5, 5.41) is 17.6. The first-order chi connectivity index (χ1) is 7.90. The van der Waals surface area contributed by atoms with Crippen molar-refractivity contribution in [3.05, 3.63) is 40.3 Å². The summed E-state index contributed by atoms with van der Waals surface area (Å²) >= 11 is 5.54. The van der Waals surface area contributed by atoms with Gasteiger partial charge in [-0.1, -0.05) is 0 Å². The van der Waals surface area contributed by atoms with Crippen LogP contribution in [0, 0.1) is 0 Å². The van der Waals surface area contributed by atoms with E-state index in [2.05, 4.69) is 0 Å². The second-order valence-electron chi connectivity index (χ2n) is 3.17. The molecule has 1 aromatic heterocycles. The maximum Gasteiger partial charge on any atom is 0.336 e. The van der Waals surface area contributed by atoms with E-state index in [-0.39, 0.29) is 22.1 Å². The minimum absolute atomic E-state index is 0.109. The highest BCUT2D eigenvalue weighted by Crippen LogP contribution is 2.19. The maximum atomic E-state index is 11.0. The molecule has 0 amide bonds. The second kappa shape index (κ2) is 5.36. The van der Waals surface area contributed by atoms with Crippen LogP contribution in [0.3, 0.4) is 0 Å². The number of furan rings is 1. The molecule has 0 fully saturated rings. The van der Waals surface area contributed by atoms with Crippen molar-refractivity contribution in [3.63, 3.8) is 0 Å². The van der Waals surface area contributed by atoms with Crippen LogP contribution in [0.1, 0.15) is 12.7 Å².